The van der Waals surface area contributed by atoms with Gasteiger partial charge in [0.1, 0.15) is 0 Å². The quantitative estimate of drug-likeness (QED) is 0.564. The van der Waals surface area contributed by atoms with Gasteiger partial charge in [-0.15, -0.1) is 0 Å². The zero-order valence-corrected chi connectivity index (χ0v) is 17.1. The van der Waals surface area contributed by atoms with E-state index in [1.807, 2.05) is 48.9 Å². The molecule has 0 aliphatic heterocycles. The van der Waals surface area contributed by atoms with Crippen molar-refractivity contribution < 1.29 is 9.59 Å². The highest BCUT2D eigenvalue weighted by Crippen LogP contribution is 2.23. The fraction of sp³-hybridized carbons (Fsp3) is 0.261. The van der Waals surface area contributed by atoms with E-state index in [-0.39, 0.29) is 18.4 Å². The number of carbonyl (C=O) groups excluding carboxylic acids is 2. The molecular weight excluding hydrogens is 378 g/mol. The molecule has 3 aromatic rings. The number of rotatable bonds is 7. The monoisotopic (exact) mass is 403 g/mol. The van der Waals surface area contributed by atoms with Crippen LogP contribution in [0.3, 0.4) is 0 Å². The molecule has 2 aromatic carbocycles. The summed E-state index contributed by atoms with van der Waals surface area (Å²) >= 11 is 0. The molecule has 1 aliphatic carbocycles. The highest BCUT2D eigenvalue weighted by molar-refractivity contribution is 5.96. The second-order valence-electron chi connectivity index (χ2n) is 7.52. The van der Waals surface area contributed by atoms with E-state index < -0.39 is 0 Å². The summed E-state index contributed by atoms with van der Waals surface area (Å²) in [7, 11) is 0. The molecule has 7 heteroatoms. The van der Waals surface area contributed by atoms with Crippen LogP contribution < -0.4 is 16.0 Å². The Kier molecular flexibility index (Phi) is 5.52. The normalized spacial score (nSPS) is 13.0. The predicted octanol–water partition coefficient (Wildman–Crippen LogP) is 3.43. The lowest BCUT2D eigenvalue weighted by Crippen LogP contribution is -2.25. The van der Waals surface area contributed by atoms with Gasteiger partial charge < -0.3 is 16.0 Å². The number of aromatic nitrogens is 2. The number of amides is 2. The van der Waals surface area contributed by atoms with E-state index in [0.717, 1.165) is 41.3 Å². The van der Waals surface area contributed by atoms with Crippen molar-refractivity contribution >= 4 is 23.2 Å². The Labute approximate surface area is 175 Å². The molecule has 0 spiro atoms. The second-order valence-corrected chi connectivity index (χ2v) is 7.52. The number of nitrogens with zero attached hydrogens (tertiary/aromatic N) is 2. The molecule has 2 amide bonds. The molecular formula is C23H25N5O2. The molecule has 0 saturated heterocycles. The Hall–Kier alpha value is -3.61. The average Bonchev–Trinajstić information content (AvgIpc) is 3.54. The highest BCUT2D eigenvalue weighted by Gasteiger charge is 2.23. The molecule has 4 rings (SSSR count). The first-order chi connectivity index (χ1) is 14.5. The zero-order chi connectivity index (χ0) is 21.1. The van der Waals surface area contributed by atoms with Gasteiger partial charge >= 0.3 is 0 Å². The van der Waals surface area contributed by atoms with Gasteiger partial charge in [-0.2, -0.15) is 5.10 Å². The van der Waals surface area contributed by atoms with E-state index >= 15 is 0 Å². The van der Waals surface area contributed by atoms with E-state index in [9.17, 15) is 9.59 Å². The maximum Gasteiger partial charge on any atom is 0.251 e. The molecule has 1 saturated carbocycles. The Morgan fingerprint density at radius 1 is 1.03 bits per heavy atom. The number of carbonyl (C=O) groups is 2. The minimum Gasteiger partial charge on any atom is -0.376 e. The number of hydrogen-bond acceptors (Lipinski definition) is 4. The molecule has 0 bridgehead atoms. The van der Waals surface area contributed by atoms with Gasteiger partial charge in [0.05, 0.1) is 29.3 Å². The average molecular weight is 403 g/mol. The van der Waals surface area contributed by atoms with Crippen LogP contribution in [0.1, 0.15) is 34.6 Å². The van der Waals surface area contributed by atoms with Crippen molar-refractivity contribution in [3.05, 3.63) is 71.5 Å². The molecule has 0 atom stereocenters. The Morgan fingerprint density at radius 2 is 1.73 bits per heavy atom. The van der Waals surface area contributed by atoms with E-state index in [1.165, 1.54) is 0 Å². The van der Waals surface area contributed by atoms with Gasteiger partial charge in [0, 0.05) is 17.3 Å². The highest BCUT2D eigenvalue weighted by atomic mass is 16.2. The van der Waals surface area contributed by atoms with Gasteiger partial charge in [0.25, 0.3) is 5.91 Å². The molecule has 1 fully saturated rings. The third-order valence-corrected chi connectivity index (χ3v) is 5.07. The Morgan fingerprint density at radius 3 is 2.40 bits per heavy atom. The zero-order valence-electron chi connectivity index (χ0n) is 17.1. The molecule has 0 radical (unpaired) electrons. The number of benzene rings is 2. The summed E-state index contributed by atoms with van der Waals surface area (Å²) in [4.78, 5) is 24.5. The third-order valence-electron chi connectivity index (χ3n) is 5.07. The van der Waals surface area contributed by atoms with E-state index in [1.54, 1.807) is 24.3 Å². The molecule has 3 N–H and O–H groups in total. The van der Waals surface area contributed by atoms with Gasteiger partial charge in [-0.1, -0.05) is 18.2 Å². The maximum absolute atomic E-state index is 12.5. The SMILES string of the molecule is Cc1nn(-c2ccccc2)c(C)c1NC(=O)CNc1ccc(C(=O)NC2CC2)cc1. The van der Waals surface area contributed by atoms with Crippen molar-refractivity contribution in [2.45, 2.75) is 32.7 Å². The third kappa shape index (κ3) is 4.51. The van der Waals surface area contributed by atoms with E-state index in [4.69, 9.17) is 0 Å². The molecule has 154 valence electrons. The van der Waals surface area contributed by atoms with Crippen molar-refractivity contribution in [1.82, 2.24) is 15.1 Å². The number of aryl methyl sites for hydroxylation is 1. The van der Waals surface area contributed by atoms with Crippen LogP contribution in [0, 0.1) is 13.8 Å². The fourth-order valence-electron chi connectivity index (χ4n) is 3.25. The lowest BCUT2D eigenvalue weighted by molar-refractivity contribution is -0.114. The molecule has 7 nitrogen and oxygen atoms in total. The van der Waals surface area contributed by atoms with Crippen LogP contribution in [-0.4, -0.2) is 34.2 Å². The largest absolute Gasteiger partial charge is 0.376 e. The topological polar surface area (TPSA) is 88.1 Å². The number of nitrogens with one attached hydrogen (secondary N) is 3. The Bertz CT molecular complexity index is 1050. The van der Waals surface area contributed by atoms with Crippen LogP contribution in [0.5, 0.6) is 0 Å². The summed E-state index contributed by atoms with van der Waals surface area (Å²) in [5.41, 5.74) is 4.70. The lowest BCUT2D eigenvalue weighted by atomic mass is 10.2. The summed E-state index contributed by atoms with van der Waals surface area (Å²) < 4.78 is 1.82. The van der Waals surface area contributed by atoms with Crippen molar-refractivity contribution in [2.24, 2.45) is 0 Å². The minimum atomic E-state index is -0.163. The number of hydrogen-bond donors (Lipinski definition) is 3. The first-order valence-corrected chi connectivity index (χ1v) is 10.1. The summed E-state index contributed by atoms with van der Waals surface area (Å²) in [6.45, 7) is 3.92. The first-order valence-electron chi connectivity index (χ1n) is 10.1. The van der Waals surface area contributed by atoms with Crippen LogP contribution in [0.4, 0.5) is 11.4 Å². The Balaban J connectivity index is 1.35. The fourth-order valence-corrected chi connectivity index (χ4v) is 3.25. The van der Waals surface area contributed by atoms with Gasteiger partial charge in [-0.25, -0.2) is 4.68 Å². The van der Waals surface area contributed by atoms with Crippen LogP contribution in [0.2, 0.25) is 0 Å². The van der Waals surface area contributed by atoms with Crippen molar-refractivity contribution in [3.63, 3.8) is 0 Å². The molecule has 1 aromatic heterocycles. The first kappa shape index (κ1) is 19.7. The van der Waals surface area contributed by atoms with E-state index in [0.29, 0.717) is 11.6 Å². The maximum atomic E-state index is 12.5. The molecule has 0 unspecified atom stereocenters. The molecule has 1 aliphatic rings. The summed E-state index contributed by atoms with van der Waals surface area (Å²) in [6.07, 6.45) is 2.12. The standard InChI is InChI=1S/C23H25N5O2/c1-15-22(16(2)28(27-15)20-6-4-3-5-7-20)26-21(29)14-24-18-10-8-17(9-11-18)23(30)25-19-12-13-19/h3-11,19,24H,12-14H2,1-2H3,(H,25,30)(H,26,29). The van der Waals surface area contributed by atoms with Crippen LogP contribution in [-0.2, 0) is 4.79 Å². The van der Waals surface area contributed by atoms with Crippen LogP contribution >= 0.6 is 0 Å². The lowest BCUT2D eigenvalue weighted by Gasteiger charge is -2.09. The van der Waals surface area contributed by atoms with Gasteiger partial charge in [0.2, 0.25) is 5.91 Å². The number of anilines is 2. The van der Waals surface area contributed by atoms with E-state index in [2.05, 4.69) is 21.0 Å². The van der Waals surface area contributed by atoms with Crippen molar-refractivity contribution in [3.8, 4) is 5.69 Å². The summed E-state index contributed by atoms with van der Waals surface area (Å²) in [6, 6.07) is 17.3. The predicted molar refractivity (Wildman–Crippen MR) is 117 cm³/mol. The van der Waals surface area contributed by atoms with Crippen LogP contribution in [0.15, 0.2) is 54.6 Å². The summed E-state index contributed by atoms with van der Waals surface area (Å²) in [5, 5.41) is 13.5. The van der Waals surface area contributed by atoms with Crippen molar-refractivity contribution in [1.29, 1.82) is 0 Å². The number of para-hydroxylation sites is 1. The van der Waals surface area contributed by atoms with Crippen molar-refractivity contribution in [2.75, 3.05) is 17.2 Å². The van der Waals surface area contributed by atoms with Gasteiger partial charge in [0.15, 0.2) is 0 Å². The van der Waals surface area contributed by atoms with Gasteiger partial charge in [-0.05, 0) is 63.1 Å². The van der Waals surface area contributed by atoms with Crippen LogP contribution in [0.25, 0.3) is 5.69 Å². The second kappa shape index (κ2) is 8.41. The molecule has 1 heterocycles. The van der Waals surface area contributed by atoms with Gasteiger partial charge in [-0.3, -0.25) is 9.59 Å². The smallest absolute Gasteiger partial charge is 0.251 e. The molecule has 30 heavy (non-hydrogen) atoms. The summed E-state index contributed by atoms with van der Waals surface area (Å²) in [5.74, 6) is -0.215. The minimum absolute atomic E-state index is 0.0526.